The van der Waals surface area contributed by atoms with Crippen LogP contribution in [0.1, 0.15) is 21.9 Å². The summed E-state index contributed by atoms with van der Waals surface area (Å²) in [5, 5.41) is 6.09. The van der Waals surface area contributed by atoms with Crippen LogP contribution < -0.4 is 5.32 Å². The van der Waals surface area contributed by atoms with Gasteiger partial charge in [-0.25, -0.2) is 4.98 Å². The SMILES string of the molecule is O=C(NCCc1ncc(C(F)(F)F)cc1Cl)c1nc(-c2ccc(Br)nc2)no1. The van der Waals surface area contributed by atoms with E-state index >= 15 is 0 Å². The smallest absolute Gasteiger partial charge is 0.347 e. The van der Waals surface area contributed by atoms with Crippen molar-refractivity contribution in [3.8, 4) is 11.4 Å². The van der Waals surface area contributed by atoms with Gasteiger partial charge in [0.05, 0.1) is 16.3 Å². The van der Waals surface area contributed by atoms with Crippen LogP contribution in [0.3, 0.4) is 0 Å². The summed E-state index contributed by atoms with van der Waals surface area (Å²) in [7, 11) is 0. The zero-order chi connectivity index (χ0) is 20.3. The lowest BCUT2D eigenvalue weighted by atomic mass is 10.2. The largest absolute Gasteiger partial charge is 0.417 e. The molecule has 0 bridgehead atoms. The molecule has 0 fully saturated rings. The lowest BCUT2D eigenvalue weighted by Crippen LogP contribution is -2.26. The molecule has 0 aromatic carbocycles. The Kier molecular flexibility index (Phi) is 5.94. The first-order chi connectivity index (χ1) is 13.2. The third kappa shape index (κ3) is 4.84. The van der Waals surface area contributed by atoms with Crippen molar-refractivity contribution >= 4 is 33.4 Å². The molecule has 0 aliphatic carbocycles. The van der Waals surface area contributed by atoms with Crippen molar-refractivity contribution in [1.82, 2.24) is 25.4 Å². The van der Waals surface area contributed by atoms with Crippen molar-refractivity contribution in [3.05, 3.63) is 57.4 Å². The van der Waals surface area contributed by atoms with E-state index in [2.05, 4.69) is 41.4 Å². The third-order valence-electron chi connectivity index (χ3n) is 3.50. The van der Waals surface area contributed by atoms with Gasteiger partial charge in [-0.05, 0) is 34.1 Å². The molecular weight excluding hydrogens is 467 g/mol. The first kappa shape index (κ1) is 20.2. The summed E-state index contributed by atoms with van der Waals surface area (Å²) in [6, 6.07) is 4.18. The molecule has 1 amide bonds. The fourth-order valence-corrected chi connectivity index (χ4v) is 2.61. The number of rotatable bonds is 5. The van der Waals surface area contributed by atoms with Crippen molar-refractivity contribution in [2.24, 2.45) is 0 Å². The molecule has 0 saturated carbocycles. The van der Waals surface area contributed by atoms with E-state index in [1.807, 2.05) is 0 Å². The van der Waals surface area contributed by atoms with Gasteiger partial charge in [-0.1, -0.05) is 16.8 Å². The van der Waals surface area contributed by atoms with E-state index in [0.717, 1.165) is 6.07 Å². The van der Waals surface area contributed by atoms with Crippen molar-refractivity contribution in [2.45, 2.75) is 12.6 Å². The maximum Gasteiger partial charge on any atom is 0.417 e. The number of amides is 1. The van der Waals surface area contributed by atoms with Gasteiger partial charge in [0.2, 0.25) is 5.82 Å². The maximum atomic E-state index is 12.6. The summed E-state index contributed by atoms with van der Waals surface area (Å²) < 4.78 is 43.4. The van der Waals surface area contributed by atoms with E-state index in [1.165, 1.54) is 6.20 Å². The number of nitrogens with one attached hydrogen (secondary N) is 1. The Labute approximate surface area is 169 Å². The highest BCUT2D eigenvalue weighted by Gasteiger charge is 2.31. The quantitative estimate of drug-likeness (QED) is 0.561. The fraction of sp³-hybridized carbons (Fsp3) is 0.188. The highest BCUT2D eigenvalue weighted by molar-refractivity contribution is 9.10. The number of carbonyl (C=O) groups is 1. The Balaban J connectivity index is 1.58. The van der Waals surface area contributed by atoms with Gasteiger partial charge in [0.1, 0.15) is 4.60 Å². The van der Waals surface area contributed by atoms with Gasteiger partial charge in [0.25, 0.3) is 0 Å². The molecule has 3 aromatic heterocycles. The zero-order valence-electron chi connectivity index (χ0n) is 13.8. The topological polar surface area (TPSA) is 93.8 Å². The predicted molar refractivity (Wildman–Crippen MR) is 95.5 cm³/mol. The van der Waals surface area contributed by atoms with Gasteiger partial charge < -0.3 is 9.84 Å². The Morgan fingerprint density at radius 2 is 2.04 bits per heavy atom. The second kappa shape index (κ2) is 8.23. The number of carbonyl (C=O) groups excluding carboxylic acids is 1. The average Bonchev–Trinajstić information content (AvgIpc) is 3.13. The number of halogens is 5. The first-order valence-electron chi connectivity index (χ1n) is 7.69. The average molecular weight is 477 g/mol. The molecule has 3 rings (SSSR count). The number of aromatic nitrogens is 4. The summed E-state index contributed by atoms with van der Waals surface area (Å²) in [4.78, 5) is 23.8. The Bertz CT molecular complexity index is 995. The standard InChI is InChI=1S/C16H10BrClF3N5O2/c17-12-2-1-8(6-24-12)13-25-15(28-26-13)14(27)22-4-3-11-10(18)5-9(7-23-11)16(19,20)21/h1-2,5-7H,3-4H2,(H,22,27). The monoisotopic (exact) mass is 475 g/mol. The summed E-state index contributed by atoms with van der Waals surface area (Å²) >= 11 is 9.03. The van der Waals surface area contributed by atoms with Crippen LogP contribution in [0.4, 0.5) is 13.2 Å². The van der Waals surface area contributed by atoms with Crippen molar-refractivity contribution in [3.63, 3.8) is 0 Å². The van der Waals surface area contributed by atoms with Crippen LogP contribution in [-0.2, 0) is 12.6 Å². The van der Waals surface area contributed by atoms with Crippen LogP contribution in [0.5, 0.6) is 0 Å². The second-order valence-electron chi connectivity index (χ2n) is 5.45. The van der Waals surface area contributed by atoms with Crippen LogP contribution in [-0.4, -0.2) is 32.6 Å². The van der Waals surface area contributed by atoms with Crippen molar-refractivity contribution in [2.75, 3.05) is 6.54 Å². The summed E-state index contributed by atoms with van der Waals surface area (Å²) in [5.41, 5.74) is -0.153. The molecule has 12 heteroatoms. The molecule has 0 saturated heterocycles. The van der Waals surface area contributed by atoms with Gasteiger partial charge in [0.15, 0.2) is 0 Å². The molecule has 1 N–H and O–H groups in total. The van der Waals surface area contributed by atoms with Crippen LogP contribution in [0.25, 0.3) is 11.4 Å². The molecule has 0 radical (unpaired) electrons. The zero-order valence-corrected chi connectivity index (χ0v) is 16.1. The molecule has 0 unspecified atom stereocenters. The Morgan fingerprint density at radius 1 is 1.25 bits per heavy atom. The lowest BCUT2D eigenvalue weighted by Gasteiger charge is -2.09. The highest BCUT2D eigenvalue weighted by Crippen LogP contribution is 2.31. The lowest BCUT2D eigenvalue weighted by molar-refractivity contribution is -0.137. The molecule has 3 heterocycles. The minimum absolute atomic E-state index is 0.0640. The normalized spacial score (nSPS) is 11.5. The highest BCUT2D eigenvalue weighted by atomic mass is 79.9. The molecule has 0 aliphatic heterocycles. The van der Waals surface area contributed by atoms with E-state index in [9.17, 15) is 18.0 Å². The molecular formula is C16H10BrClF3N5O2. The molecule has 7 nitrogen and oxygen atoms in total. The number of hydrogen-bond acceptors (Lipinski definition) is 6. The Morgan fingerprint density at radius 3 is 2.68 bits per heavy atom. The van der Waals surface area contributed by atoms with Crippen LogP contribution >= 0.6 is 27.5 Å². The first-order valence-corrected chi connectivity index (χ1v) is 8.86. The van der Waals surface area contributed by atoms with Gasteiger partial charge >= 0.3 is 18.0 Å². The molecule has 3 aromatic rings. The van der Waals surface area contributed by atoms with E-state index < -0.39 is 17.6 Å². The third-order valence-corrected chi connectivity index (χ3v) is 4.29. The summed E-state index contributed by atoms with van der Waals surface area (Å²) in [6.07, 6.45) is -2.20. The number of pyridine rings is 2. The van der Waals surface area contributed by atoms with Gasteiger partial charge in [0, 0.05) is 30.9 Å². The molecule has 28 heavy (non-hydrogen) atoms. The Hall–Kier alpha value is -2.53. The van der Waals surface area contributed by atoms with Gasteiger partial charge in [-0.2, -0.15) is 18.2 Å². The second-order valence-corrected chi connectivity index (χ2v) is 6.67. The van der Waals surface area contributed by atoms with Crippen LogP contribution in [0, 0.1) is 0 Å². The molecule has 146 valence electrons. The number of hydrogen-bond donors (Lipinski definition) is 1. The van der Waals surface area contributed by atoms with Crippen LogP contribution in [0.2, 0.25) is 5.02 Å². The molecule has 0 aliphatic rings. The molecule has 0 atom stereocenters. The van der Waals surface area contributed by atoms with Crippen molar-refractivity contribution in [1.29, 1.82) is 0 Å². The van der Waals surface area contributed by atoms with Crippen molar-refractivity contribution < 1.29 is 22.5 Å². The van der Waals surface area contributed by atoms with E-state index in [4.69, 9.17) is 16.1 Å². The maximum absolute atomic E-state index is 12.6. The number of nitrogens with zero attached hydrogens (tertiary/aromatic N) is 4. The van der Waals surface area contributed by atoms with Crippen LogP contribution in [0.15, 0.2) is 39.7 Å². The van der Waals surface area contributed by atoms with Gasteiger partial charge in [-0.15, -0.1) is 0 Å². The van der Waals surface area contributed by atoms with Gasteiger partial charge in [-0.3, -0.25) is 9.78 Å². The number of alkyl halides is 3. The predicted octanol–water partition coefficient (Wildman–Crippen LogP) is 3.93. The molecule has 0 spiro atoms. The van der Waals surface area contributed by atoms with E-state index in [-0.39, 0.29) is 35.4 Å². The minimum Gasteiger partial charge on any atom is -0.347 e. The fourth-order valence-electron chi connectivity index (χ4n) is 2.12. The summed E-state index contributed by atoms with van der Waals surface area (Å²) in [5.74, 6) is -0.700. The van der Waals surface area contributed by atoms with E-state index in [0.29, 0.717) is 16.4 Å². The van der Waals surface area contributed by atoms with E-state index in [1.54, 1.807) is 12.1 Å². The minimum atomic E-state index is -4.52. The summed E-state index contributed by atoms with van der Waals surface area (Å²) in [6.45, 7) is 0.0640.